The number of amides is 1. The van der Waals surface area contributed by atoms with Gasteiger partial charge >= 0.3 is 0 Å². The molecule has 0 saturated heterocycles. The summed E-state index contributed by atoms with van der Waals surface area (Å²) in [6, 6.07) is 19.6. The van der Waals surface area contributed by atoms with Crippen LogP contribution in [-0.2, 0) is 6.54 Å². The first-order chi connectivity index (χ1) is 13.5. The Morgan fingerprint density at radius 2 is 1.71 bits per heavy atom. The lowest BCUT2D eigenvalue weighted by molar-refractivity contribution is 0.0944. The summed E-state index contributed by atoms with van der Waals surface area (Å²) in [5.74, 6) is 1.35. The van der Waals surface area contributed by atoms with Crippen molar-refractivity contribution in [2.45, 2.75) is 27.3 Å². The highest BCUT2D eigenvalue weighted by Crippen LogP contribution is 2.19. The summed E-state index contributed by atoms with van der Waals surface area (Å²) in [6.07, 6.45) is 0. The summed E-state index contributed by atoms with van der Waals surface area (Å²) in [4.78, 5) is 21.7. The van der Waals surface area contributed by atoms with Gasteiger partial charge in [0.1, 0.15) is 11.5 Å². The molecular weight excluding hydrogens is 348 g/mol. The van der Waals surface area contributed by atoms with Crippen molar-refractivity contribution >= 4 is 11.7 Å². The van der Waals surface area contributed by atoms with Crippen molar-refractivity contribution in [1.82, 2.24) is 15.3 Å². The first kappa shape index (κ1) is 19.5. The van der Waals surface area contributed by atoms with Gasteiger partial charge in [0, 0.05) is 24.7 Å². The Hall–Kier alpha value is -3.21. The lowest BCUT2D eigenvalue weighted by Crippen LogP contribution is -2.28. The summed E-state index contributed by atoms with van der Waals surface area (Å²) in [5.41, 5.74) is 3.64. The van der Waals surface area contributed by atoms with Crippen LogP contribution in [0.3, 0.4) is 0 Å². The standard InChI is InChI=1S/C23H26N4O/c1-16(2)14-25-23(28)20-13-21(24-15-19-12-8-7-9-17(19)3)27-22(26-20)18-10-5-4-6-11-18/h4-13,16H,14-15H2,1-3H3,(H,25,28)(H,24,26,27). The number of nitrogens with one attached hydrogen (secondary N) is 2. The highest BCUT2D eigenvalue weighted by atomic mass is 16.1. The molecule has 3 aromatic rings. The van der Waals surface area contributed by atoms with Gasteiger partial charge in [0.15, 0.2) is 5.82 Å². The van der Waals surface area contributed by atoms with Gasteiger partial charge < -0.3 is 10.6 Å². The van der Waals surface area contributed by atoms with E-state index >= 15 is 0 Å². The van der Waals surface area contributed by atoms with Crippen molar-refractivity contribution in [3.05, 3.63) is 77.5 Å². The normalized spacial score (nSPS) is 10.7. The Morgan fingerprint density at radius 1 is 1.00 bits per heavy atom. The Bertz CT molecular complexity index is 938. The third-order valence-electron chi connectivity index (χ3n) is 4.38. The molecule has 0 aliphatic heterocycles. The Labute approximate surface area is 166 Å². The fourth-order valence-corrected chi connectivity index (χ4v) is 2.75. The zero-order valence-electron chi connectivity index (χ0n) is 16.6. The van der Waals surface area contributed by atoms with Crippen LogP contribution in [0.5, 0.6) is 0 Å². The van der Waals surface area contributed by atoms with Crippen LogP contribution < -0.4 is 10.6 Å². The van der Waals surface area contributed by atoms with E-state index in [0.717, 1.165) is 5.56 Å². The molecule has 0 aliphatic carbocycles. The second-order valence-corrected chi connectivity index (χ2v) is 7.21. The van der Waals surface area contributed by atoms with Crippen LogP contribution in [0.15, 0.2) is 60.7 Å². The lowest BCUT2D eigenvalue weighted by Gasteiger charge is -2.12. The lowest BCUT2D eigenvalue weighted by atomic mass is 10.1. The monoisotopic (exact) mass is 374 g/mol. The maximum atomic E-state index is 12.6. The van der Waals surface area contributed by atoms with Crippen molar-refractivity contribution in [2.75, 3.05) is 11.9 Å². The molecule has 0 atom stereocenters. The maximum absolute atomic E-state index is 12.6. The molecule has 5 heteroatoms. The van der Waals surface area contributed by atoms with E-state index in [1.165, 1.54) is 11.1 Å². The number of anilines is 1. The topological polar surface area (TPSA) is 66.9 Å². The molecule has 144 valence electrons. The Balaban J connectivity index is 1.88. The molecule has 1 heterocycles. The average Bonchev–Trinajstić information content (AvgIpc) is 2.72. The van der Waals surface area contributed by atoms with Crippen LogP contribution in [0.1, 0.15) is 35.5 Å². The molecule has 0 saturated carbocycles. The van der Waals surface area contributed by atoms with E-state index in [0.29, 0.717) is 36.3 Å². The molecule has 0 aliphatic rings. The molecule has 1 aromatic heterocycles. The Morgan fingerprint density at radius 3 is 2.43 bits per heavy atom. The number of carbonyl (C=O) groups excluding carboxylic acids is 1. The minimum absolute atomic E-state index is 0.188. The van der Waals surface area contributed by atoms with Crippen molar-refractivity contribution in [1.29, 1.82) is 0 Å². The van der Waals surface area contributed by atoms with E-state index in [-0.39, 0.29) is 5.91 Å². The second-order valence-electron chi connectivity index (χ2n) is 7.21. The van der Waals surface area contributed by atoms with Gasteiger partial charge in [0.25, 0.3) is 5.91 Å². The molecule has 3 rings (SSSR count). The van der Waals surface area contributed by atoms with Gasteiger partial charge in [-0.15, -0.1) is 0 Å². The third-order valence-corrected chi connectivity index (χ3v) is 4.38. The minimum atomic E-state index is -0.188. The van der Waals surface area contributed by atoms with E-state index in [1.54, 1.807) is 6.07 Å². The summed E-state index contributed by atoms with van der Waals surface area (Å²) >= 11 is 0. The molecule has 0 bridgehead atoms. The van der Waals surface area contributed by atoms with Gasteiger partial charge in [-0.3, -0.25) is 4.79 Å². The van der Waals surface area contributed by atoms with Gasteiger partial charge in [-0.05, 0) is 24.0 Å². The predicted molar refractivity (Wildman–Crippen MR) is 113 cm³/mol. The SMILES string of the molecule is Cc1ccccc1CNc1cc(C(=O)NCC(C)C)nc(-c2ccccc2)n1. The highest BCUT2D eigenvalue weighted by Gasteiger charge is 2.13. The van der Waals surface area contributed by atoms with E-state index in [4.69, 9.17) is 0 Å². The first-order valence-corrected chi connectivity index (χ1v) is 9.54. The smallest absolute Gasteiger partial charge is 0.270 e. The van der Waals surface area contributed by atoms with Crippen LogP contribution in [-0.4, -0.2) is 22.4 Å². The molecule has 28 heavy (non-hydrogen) atoms. The molecule has 0 fully saturated rings. The average molecular weight is 374 g/mol. The molecular formula is C23H26N4O. The number of nitrogens with zero attached hydrogens (tertiary/aromatic N) is 2. The zero-order valence-corrected chi connectivity index (χ0v) is 16.6. The molecule has 0 radical (unpaired) electrons. The van der Waals surface area contributed by atoms with Crippen LogP contribution in [0.4, 0.5) is 5.82 Å². The predicted octanol–water partition coefficient (Wildman–Crippen LogP) is 4.45. The fraction of sp³-hybridized carbons (Fsp3) is 0.261. The quantitative estimate of drug-likeness (QED) is 0.641. The number of rotatable bonds is 7. The van der Waals surface area contributed by atoms with Crippen molar-refractivity contribution in [2.24, 2.45) is 5.92 Å². The van der Waals surface area contributed by atoms with Crippen LogP contribution in [0.2, 0.25) is 0 Å². The number of aryl methyl sites for hydroxylation is 1. The van der Waals surface area contributed by atoms with Gasteiger partial charge in [0.2, 0.25) is 0 Å². The van der Waals surface area contributed by atoms with Crippen molar-refractivity contribution in [3.8, 4) is 11.4 Å². The molecule has 5 nitrogen and oxygen atoms in total. The third kappa shape index (κ3) is 5.16. The van der Waals surface area contributed by atoms with Crippen LogP contribution >= 0.6 is 0 Å². The zero-order chi connectivity index (χ0) is 19.9. The van der Waals surface area contributed by atoms with Crippen LogP contribution in [0, 0.1) is 12.8 Å². The number of hydrogen-bond acceptors (Lipinski definition) is 4. The maximum Gasteiger partial charge on any atom is 0.270 e. The number of aromatic nitrogens is 2. The van der Waals surface area contributed by atoms with E-state index < -0.39 is 0 Å². The molecule has 0 unspecified atom stereocenters. The van der Waals surface area contributed by atoms with E-state index in [2.05, 4.69) is 53.5 Å². The fourth-order valence-electron chi connectivity index (χ4n) is 2.75. The summed E-state index contributed by atoms with van der Waals surface area (Å²) < 4.78 is 0. The summed E-state index contributed by atoms with van der Waals surface area (Å²) in [7, 11) is 0. The first-order valence-electron chi connectivity index (χ1n) is 9.54. The second kappa shape index (κ2) is 9.13. The van der Waals surface area contributed by atoms with Crippen LogP contribution in [0.25, 0.3) is 11.4 Å². The van der Waals surface area contributed by atoms with E-state index in [1.807, 2.05) is 42.5 Å². The Kier molecular flexibility index (Phi) is 6.37. The summed E-state index contributed by atoms with van der Waals surface area (Å²) in [5, 5.41) is 6.27. The molecule has 2 aromatic carbocycles. The van der Waals surface area contributed by atoms with Gasteiger partial charge in [-0.25, -0.2) is 9.97 Å². The van der Waals surface area contributed by atoms with Gasteiger partial charge in [-0.1, -0.05) is 68.4 Å². The molecule has 1 amide bonds. The summed E-state index contributed by atoms with van der Waals surface area (Å²) in [6.45, 7) is 7.44. The van der Waals surface area contributed by atoms with Crippen molar-refractivity contribution < 1.29 is 4.79 Å². The van der Waals surface area contributed by atoms with Crippen molar-refractivity contribution in [3.63, 3.8) is 0 Å². The van der Waals surface area contributed by atoms with Gasteiger partial charge in [-0.2, -0.15) is 0 Å². The van der Waals surface area contributed by atoms with E-state index in [9.17, 15) is 4.79 Å². The minimum Gasteiger partial charge on any atom is -0.366 e. The molecule has 0 spiro atoms. The number of carbonyl (C=O) groups is 1. The number of benzene rings is 2. The largest absolute Gasteiger partial charge is 0.366 e. The number of hydrogen-bond donors (Lipinski definition) is 2. The van der Waals surface area contributed by atoms with Gasteiger partial charge in [0.05, 0.1) is 0 Å². The highest BCUT2D eigenvalue weighted by molar-refractivity contribution is 5.93. The molecule has 2 N–H and O–H groups in total.